The van der Waals surface area contributed by atoms with E-state index in [4.69, 9.17) is 9.47 Å². The molecule has 0 saturated carbocycles. The zero-order valence-electron chi connectivity index (χ0n) is 12.1. The molecule has 5 nitrogen and oxygen atoms in total. The first-order valence-corrected chi connectivity index (χ1v) is 6.40. The van der Waals surface area contributed by atoms with Crippen molar-refractivity contribution >= 4 is 5.78 Å². The third-order valence-electron chi connectivity index (χ3n) is 3.18. The Balaban J connectivity index is 2.48. The van der Waals surface area contributed by atoms with Crippen LogP contribution in [0.1, 0.15) is 28.7 Å². The molecule has 0 aliphatic heterocycles. The smallest absolute Gasteiger partial charge is 0.214 e. The summed E-state index contributed by atoms with van der Waals surface area (Å²) < 4.78 is 12.0. The van der Waals surface area contributed by atoms with E-state index in [1.807, 2.05) is 6.92 Å². The Bertz CT molecular complexity index is 632. The van der Waals surface area contributed by atoms with Crippen LogP contribution in [0.25, 0.3) is 0 Å². The Kier molecular flexibility index (Phi) is 4.08. The lowest BCUT2D eigenvalue weighted by Crippen LogP contribution is -2.09. The molecule has 5 heteroatoms. The van der Waals surface area contributed by atoms with Gasteiger partial charge in [0.15, 0.2) is 0 Å². The Morgan fingerprint density at radius 3 is 2.55 bits per heavy atom. The van der Waals surface area contributed by atoms with Crippen LogP contribution in [0.5, 0.6) is 11.5 Å². The van der Waals surface area contributed by atoms with E-state index in [1.54, 1.807) is 50.2 Å². The van der Waals surface area contributed by atoms with Gasteiger partial charge in [-0.3, -0.25) is 9.48 Å². The predicted molar refractivity (Wildman–Crippen MR) is 75.6 cm³/mol. The minimum absolute atomic E-state index is 0.129. The van der Waals surface area contributed by atoms with Crippen LogP contribution in [0, 0.1) is 0 Å². The lowest BCUT2D eigenvalue weighted by molar-refractivity contribution is 0.102. The van der Waals surface area contributed by atoms with Gasteiger partial charge in [0.2, 0.25) is 5.78 Å². The molecule has 0 atom stereocenters. The molecule has 1 aromatic carbocycles. The summed E-state index contributed by atoms with van der Waals surface area (Å²) in [6, 6.07) is 6.97. The standard InChI is InChI=1S/C15H18N2O3/c1-5-10-8-13(17(2)16-10)15(18)12-9-11(19-3)6-7-14(12)20-4/h6-9H,5H2,1-4H3. The Morgan fingerprint density at radius 1 is 1.25 bits per heavy atom. The number of aryl methyl sites for hydroxylation is 2. The van der Waals surface area contributed by atoms with Gasteiger partial charge in [0.25, 0.3) is 0 Å². The monoisotopic (exact) mass is 274 g/mol. The van der Waals surface area contributed by atoms with Crippen molar-refractivity contribution in [1.82, 2.24) is 9.78 Å². The van der Waals surface area contributed by atoms with E-state index in [0.717, 1.165) is 12.1 Å². The number of ketones is 1. The molecule has 0 unspecified atom stereocenters. The third kappa shape index (κ3) is 2.52. The molecule has 2 aromatic rings. The highest BCUT2D eigenvalue weighted by molar-refractivity contribution is 6.10. The zero-order chi connectivity index (χ0) is 14.7. The van der Waals surface area contributed by atoms with Crippen molar-refractivity contribution < 1.29 is 14.3 Å². The van der Waals surface area contributed by atoms with Crippen LogP contribution in [0.4, 0.5) is 0 Å². The van der Waals surface area contributed by atoms with Crippen molar-refractivity contribution in [3.05, 3.63) is 41.2 Å². The molecule has 0 fully saturated rings. The summed E-state index contributed by atoms with van der Waals surface area (Å²) in [5.41, 5.74) is 1.89. The van der Waals surface area contributed by atoms with Crippen molar-refractivity contribution in [2.45, 2.75) is 13.3 Å². The largest absolute Gasteiger partial charge is 0.497 e. The van der Waals surface area contributed by atoms with Gasteiger partial charge in [-0.25, -0.2) is 0 Å². The van der Waals surface area contributed by atoms with E-state index in [1.165, 1.54) is 0 Å². The Labute approximate surface area is 118 Å². The summed E-state index contributed by atoms with van der Waals surface area (Å²) in [5, 5.41) is 4.30. The fourth-order valence-corrected chi connectivity index (χ4v) is 2.04. The molecule has 1 aromatic heterocycles. The molecule has 0 radical (unpaired) electrons. The molecule has 2 rings (SSSR count). The number of nitrogens with zero attached hydrogens (tertiary/aromatic N) is 2. The van der Waals surface area contributed by atoms with Gasteiger partial charge < -0.3 is 9.47 Å². The summed E-state index contributed by atoms with van der Waals surface area (Å²) >= 11 is 0. The first kappa shape index (κ1) is 14.1. The molecular formula is C15H18N2O3. The van der Waals surface area contributed by atoms with Crippen molar-refractivity contribution in [2.75, 3.05) is 14.2 Å². The minimum Gasteiger partial charge on any atom is -0.497 e. The normalized spacial score (nSPS) is 10.4. The van der Waals surface area contributed by atoms with E-state index < -0.39 is 0 Å². The van der Waals surface area contributed by atoms with Gasteiger partial charge in [-0.1, -0.05) is 6.92 Å². The van der Waals surface area contributed by atoms with Crippen molar-refractivity contribution in [2.24, 2.45) is 7.05 Å². The Morgan fingerprint density at radius 2 is 2.00 bits per heavy atom. The molecule has 106 valence electrons. The quantitative estimate of drug-likeness (QED) is 0.785. The van der Waals surface area contributed by atoms with Gasteiger partial charge in [-0.2, -0.15) is 5.10 Å². The molecular weight excluding hydrogens is 256 g/mol. The van der Waals surface area contributed by atoms with Crippen LogP contribution in [0.3, 0.4) is 0 Å². The number of hydrogen-bond acceptors (Lipinski definition) is 4. The van der Waals surface area contributed by atoms with Gasteiger partial charge in [-0.15, -0.1) is 0 Å². The number of ether oxygens (including phenoxy) is 2. The maximum absolute atomic E-state index is 12.6. The fraction of sp³-hybridized carbons (Fsp3) is 0.333. The average Bonchev–Trinajstić information content (AvgIpc) is 2.86. The maximum Gasteiger partial charge on any atom is 0.214 e. The molecule has 0 aliphatic carbocycles. The van der Waals surface area contributed by atoms with Crippen LogP contribution < -0.4 is 9.47 Å². The molecule has 0 spiro atoms. The first-order valence-electron chi connectivity index (χ1n) is 6.40. The number of rotatable bonds is 5. The van der Waals surface area contributed by atoms with Gasteiger partial charge in [0.1, 0.15) is 17.2 Å². The van der Waals surface area contributed by atoms with E-state index >= 15 is 0 Å². The highest BCUT2D eigenvalue weighted by Gasteiger charge is 2.19. The van der Waals surface area contributed by atoms with Gasteiger partial charge in [0.05, 0.1) is 25.5 Å². The SMILES string of the molecule is CCc1cc(C(=O)c2cc(OC)ccc2OC)n(C)n1. The fourth-order valence-electron chi connectivity index (χ4n) is 2.04. The lowest BCUT2D eigenvalue weighted by atomic mass is 10.1. The summed E-state index contributed by atoms with van der Waals surface area (Å²) in [6.07, 6.45) is 0.788. The molecule has 0 saturated heterocycles. The molecule has 0 aliphatic rings. The van der Waals surface area contributed by atoms with Crippen LogP contribution in [0.2, 0.25) is 0 Å². The van der Waals surface area contributed by atoms with Gasteiger partial charge in [0, 0.05) is 7.05 Å². The maximum atomic E-state index is 12.6. The number of carbonyl (C=O) groups is 1. The second kappa shape index (κ2) is 5.77. The van der Waals surface area contributed by atoms with E-state index in [0.29, 0.717) is 22.8 Å². The van der Waals surface area contributed by atoms with Crippen LogP contribution in [0.15, 0.2) is 24.3 Å². The number of methoxy groups -OCH3 is 2. The van der Waals surface area contributed by atoms with E-state index in [-0.39, 0.29) is 5.78 Å². The number of benzene rings is 1. The van der Waals surface area contributed by atoms with E-state index in [2.05, 4.69) is 5.10 Å². The molecule has 0 amide bonds. The van der Waals surface area contributed by atoms with Crippen molar-refractivity contribution in [1.29, 1.82) is 0 Å². The minimum atomic E-state index is -0.129. The summed E-state index contributed by atoms with van der Waals surface area (Å²) in [7, 11) is 4.87. The summed E-state index contributed by atoms with van der Waals surface area (Å²) in [4.78, 5) is 12.6. The lowest BCUT2D eigenvalue weighted by Gasteiger charge is -2.09. The highest BCUT2D eigenvalue weighted by atomic mass is 16.5. The van der Waals surface area contributed by atoms with Gasteiger partial charge in [-0.05, 0) is 30.7 Å². The summed E-state index contributed by atoms with van der Waals surface area (Å²) in [5.74, 6) is 1.01. The average molecular weight is 274 g/mol. The molecule has 20 heavy (non-hydrogen) atoms. The number of carbonyl (C=O) groups excluding carboxylic acids is 1. The van der Waals surface area contributed by atoms with Crippen LogP contribution >= 0.6 is 0 Å². The van der Waals surface area contributed by atoms with Crippen LogP contribution in [-0.4, -0.2) is 29.8 Å². The van der Waals surface area contributed by atoms with Gasteiger partial charge >= 0.3 is 0 Å². The first-order chi connectivity index (χ1) is 9.60. The second-order valence-electron chi connectivity index (χ2n) is 4.39. The summed E-state index contributed by atoms with van der Waals surface area (Å²) in [6.45, 7) is 2.00. The molecule has 0 bridgehead atoms. The highest BCUT2D eigenvalue weighted by Crippen LogP contribution is 2.26. The number of hydrogen-bond donors (Lipinski definition) is 0. The Hall–Kier alpha value is -2.30. The zero-order valence-corrected chi connectivity index (χ0v) is 12.1. The molecule has 1 heterocycles. The number of aromatic nitrogens is 2. The predicted octanol–water partition coefficient (Wildman–Crippen LogP) is 2.23. The van der Waals surface area contributed by atoms with Crippen LogP contribution in [-0.2, 0) is 13.5 Å². The van der Waals surface area contributed by atoms with E-state index in [9.17, 15) is 4.79 Å². The molecule has 0 N–H and O–H groups in total. The third-order valence-corrected chi connectivity index (χ3v) is 3.18. The topological polar surface area (TPSA) is 53.4 Å². The van der Waals surface area contributed by atoms with Crippen molar-refractivity contribution in [3.63, 3.8) is 0 Å². The van der Waals surface area contributed by atoms with Crippen molar-refractivity contribution in [3.8, 4) is 11.5 Å². The second-order valence-corrected chi connectivity index (χ2v) is 4.39.